The zero-order chi connectivity index (χ0) is 70.4. The number of nitrogens with zero attached hydrogens (tertiary/aromatic N) is 16. The van der Waals surface area contributed by atoms with Gasteiger partial charge in [-0.05, 0) is 121 Å². The van der Waals surface area contributed by atoms with Crippen molar-refractivity contribution < 1.29 is 83.2 Å². The van der Waals surface area contributed by atoms with Crippen molar-refractivity contribution in [3.05, 3.63) is 236 Å². The van der Waals surface area contributed by atoms with Gasteiger partial charge < -0.3 is 0 Å². The van der Waals surface area contributed by atoms with E-state index in [0.717, 1.165) is 95.8 Å². The third-order valence-corrected chi connectivity index (χ3v) is 23.6. The highest BCUT2D eigenvalue weighted by atomic mass is 35.7. The number of hydrogen-bond acceptors (Lipinski definition) is 18. The molecule has 500 valence electrons. The topological polar surface area (TPSA) is 402 Å². The van der Waals surface area contributed by atoms with E-state index in [-0.39, 0.29) is 67.9 Å². The molecule has 1 atom stereocenters. The van der Waals surface area contributed by atoms with E-state index < -0.39 is 81.2 Å². The van der Waals surface area contributed by atoms with E-state index in [1.165, 1.54) is 66.7 Å². The number of hydrogen-bond donors (Lipinski definition) is 5. The molecule has 4 aromatic heterocycles. The summed E-state index contributed by atoms with van der Waals surface area (Å²) in [5.41, 5.74) is 7.43. The Labute approximate surface area is 578 Å². The molecule has 5 N–H and O–H groups in total. The number of aromatic nitrogens is 4. The molecule has 31 nitrogen and oxygen atoms in total. The van der Waals surface area contributed by atoms with Crippen molar-refractivity contribution in [1.29, 1.82) is 0 Å². The molecule has 24 rings (SSSR count). The molecular weight excluding hydrogens is 1450 g/mol. The summed E-state index contributed by atoms with van der Waals surface area (Å²) in [4.78, 5) is 39.8. The lowest BCUT2D eigenvalue weighted by molar-refractivity contribution is -0.791. The molecule has 0 aliphatic carbocycles. The summed E-state index contributed by atoms with van der Waals surface area (Å²) in [6.07, 6.45) is 0. The minimum atomic E-state index is -4.78. The highest BCUT2D eigenvalue weighted by molar-refractivity contribution is 8.09. The van der Waals surface area contributed by atoms with Gasteiger partial charge in [0.15, 0.2) is 0 Å². The lowest BCUT2D eigenvalue weighted by Gasteiger charge is -2.40. The number of benzene rings is 8. The van der Waals surface area contributed by atoms with Gasteiger partial charge in [-0.2, -0.15) is 60.4 Å². The molecule has 103 heavy (non-hydrogen) atoms. The van der Waals surface area contributed by atoms with Gasteiger partial charge in [-0.15, -0.1) is 18.3 Å². The lowest BCUT2D eigenvalue weighted by Crippen LogP contribution is -2.71. The maximum absolute atomic E-state index is 12.5. The summed E-state index contributed by atoms with van der Waals surface area (Å²) >= 11 is 0. The van der Waals surface area contributed by atoms with Crippen LogP contribution in [0.4, 0.5) is 23.3 Å². The summed E-state index contributed by atoms with van der Waals surface area (Å²) < 4.78 is 181. The molecule has 37 heteroatoms. The fourth-order valence-electron chi connectivity index (χ4n) is 16.5. The van der Waals surface area contributed by atoms with Crippen LogP contribution in [0.25, 0.3) is 43.1 Å². The van der Waals surface area contributed by atoms with E-state index in [0.29, 0.717) is 21.9 Å². The first-order valence-electron chi connectivity index (χ1n) is 30.8. The van der Waals surface area contributed by atoms with Gasteiger partial charge in [-0.25, -0.2) is 0 Å². The normalized spacial score (nSPS) is 18.7. The van der Waals surface area contributed by atoms with Crippen LogP contribution in [0.5, 0.6) is 0 Å². The van der Waals surface area contributed by atoms with E-state index in [2.05, 4.69) is 126 Å². The van der Waals surface area contributed by atoms with Crippen LogP contribution >= 0.6 is 10.7 Å². The fraction of sp³-hybridized carbons (Fsp3) is 0.0303. The highest BCUT2D eigenvalue weighted by Gasteiger charge is 2.72. The van der Waals surface area contributed by atoms with E-state index >= 15 is 0 Å². The SMILES string of the molecule is O=S(=O)(O)Cl.O=S(=O)(O)c1ccc2c(c1)C1=Nc3c4cc(S(=O)(=O)O)ccc4c4n3C35n6c(c7ccc(S(=O)(=O)O)cc7c6=NC6=[N+]3C(=N4)c3cc(S(=O)(=O)O)ccc36)=NC2=[N+]15.c1ccc2c(c1)C1=Nc3c4ccccc4c4n3C35n6c(c7ccccc7c6=NC6=[N+]3C(=N4)c3ccccc36)=NC2=[N+]15. The Kier molecular flexibility index (Phi) is 10.5. The van der Waals surface area contributed by atoms with Gasteiger partial charge in [0.25, 0.3) is 87.2 Å². The van der Waals surface area contributed by atoms with Crippen molar-refractivity contribution in [3.8, 4) is 0 Å². The van der Waals surface area contributed by atoms with Crippen LogP contribution in [0.15, 0.2) is 229 Å². The van der Waals surface area contributed by atoms with Crippen LogP contribution < -0.4 is 22.0 Å². The molecular formula is C66H33ClN16O15S5+4. The van der Waals surface area contributed by atoms with Crippen molar-refractivity contribution in [1.82, 2.24) is 18.3 Å². The smallest absolute Gasteiger partial charge is 0.282 e. The Morgan fingerprint density at radius 2 is 0.544 bits per heavy atom. The molecule has 0 amide bonds. The molecule has 0 fully saturated rings. The number of fused-ring (bicyclic) bond motifs is 24. The van der Waals surface area contributed by atoms with E-state index in [9.17, 15) is 51.9 Å². The van der Waals surface area contributed by atoms with Crippen molar-refractivity contribution >= 4 is 174 Å². The first kappa shape index (κ1) is 59.0. The van der Waals surface area contributed by atoms with Gasteiger partial charge in [0, 0.05) is 53.8 Å². The van der Waals surface area contributed by atoms with Crippen molar-refractivity contribution in [2.45, 2.75) is 31.4 Å². The highest BCUT2D eigenvalue weighted by Crippen LogP contribution is 2.55. The Balaban J connectivity index is 0.000000127. The number of aliphatic imine (C=N–C) groups is 4. The van der Waals surface area contributed by atoms with Gasteiger partial charge >= 0.3 is 21.2 Å². The second-order valence-electron chi connectivity index (χ2n) is 25.3. The Bertz CT molecular complexity index is 7550. The van der Waals surface area contributed by atoms with E-state index in [4.69, 9.17) is 52.9 Å². The summed E-state index contributed by atoms with van der Waals surface area (Å²) in [6, 6.07) is 49.2. The molecule has 16 heterocycles. The van der Waals surface area contributed by atoms with Crippen LogP contribution in [0.2, 0.25) is 0 Å². The van der Waals surface area contributed by atoms with Gasteiger partial charge in [-0.3, -0.25) is 22.8 Å². The first-order chi connectivity index (χ1) is 49.1. The van der Waals surface area contributed by atoms with Crippen LogP contribution in [-0.4, -0.2) is 148 Å². The van der Waals surface area contributed by atoms with Crippen molar-refractivity contribution in [2.24, 2.45) is 39.9 Å². The number of halogens is 1. The molecule has 8 aromatic carbocycles. The van der Waals surface area contributed by atoms with Gasteiger partial charge in [-0.1, -0.05) is 88.5 Å². The Morgan fingerprint density at radius 3 is 0.922 bits per heavy atom. The van der Waals surface area contributed by atoms with E-state index in [1.807, 2.05) is 0 Å². The standard InChI is InChI=1S/C33H14N8O12S4.C33H16N8.ClHO3S/c42-54(43,44)13-1-5-17-21(9-13)29-35-27-19-7-3-14(55(45,46)47)10-22(19)30-36-28-20-8-4-16(57(51,52)53)12-24(20)32-37-31-23-11-15(56(48,49)50)2-6-18(23)26-34-25(17)38(29)33(39(26)31,40(27)30)41(28)32;1-2-10-18-17(9-1)25-34-27-19-11-3-4-12-20(19)29-36-31-23-15-7-8-16-24(23)32-37-30-22-14-6-5-13-21(22)28-35-26(18)38(25)33(39(27)29,40(28)30)41(31)32;1-5(2,3)4/h1-12H,(H2-2,42,43,44,45,46,47,48,49,50,51,52,53);1-16H;(H,2,3,4)/q;+2;/p+2. The molecule has 1 unspecified atom stereocenters. The third kappa shape index (κ3) is 7.04. The first-order valence-corrected chi connectivity index (χ1v) is 38.8. The molecule has 0 saturated carbocycles. The zero-order valence-corrected chi connectivity index (χ0v) is 55.9. The van der Waals surface area contributed by atoms with Crippen LogP contribution in [0.3, 0.4) is 0 Å². The maximum Gasteiger partial charge on any atom is 0.404 e. The number of amidine groups is 8. The van der Waals surface area contributed by atoms with Crippen molar-refractivity contribution in [2.75, 3.05) is 0 Å². The largest absolute Gasteiger partial charge is 0.404 e. The molecule has 12 aliphatic heterocycles. The Morgan fingerprint density at radius 1 is 0.282 bits per heavy atom. The molecule has 12 aromatic rings. The fourth-order valence-corrected chi connectivity index (χ4v) is 18.5. The summed E-state index contributed by atoms with van der Waals surface area (Å²) in [5.74, 6) is 3.26. The average molecular weight is 1490 g/mol. The second-order valence-corrected chi connectivity index (χ2v) is 33.0. The van der Waals surface area contributed by atoms with Crippen LogP contribution in [-0.2, 0) is 61.6 Å². The molecule has 0 saturated heterocycles. The monoisotopic (exact) mass is 1480 g/mol. The molecule has 0 radical (unpaired) electrons. The predicted octanol–water partition coefficient (Wildman–Crippen LogP) is 4.43. The summed E-state index contributed by atoms with van der Waals surface area (Å²) in [7, 11) is -19.2. The second kappa shape index (κ2) is 18.3. The van der Waals surface area contributed by atoms with Gasteiger partial charge in [0.05, 0.1) is 64.1 Å². The maximum atomic E-state index is 12.5. The Hall–Kier alpha value is -11.7. The molecule has 12 aliphatic rings. The van der Waals surface area contributed by atoms with E-state index in [1.54, 1.807) is 18.3 Å². The minimum absolute atomic E-state index is 0.0509. The predicted molar refractivity (Wildman–Crippen MR) is 364 cm³/mol. The summed E-state index contributed by atoms with van der Waals surface area (Å²) in [6.45, 7) is 0. The van der Waals surface area contributed by atoms with Crippen LogP contribution in [0, 0.1) is 0 Å². The lowest BCUT2D eigenvalue weighted by atomic mass is 10.1. The van der Waals surface area contributed by atoms with Gasteiger partial charge in [0.2, 0.25) is 45.2 Å². The zero-order valence-electron chi connectivity index (χ0n) is 51.1. The van der Waals surface area contributed by atoms with Gasteiger partial charge in [0.1, 0.15) is 0 Å². The third-order valence-electron chi connectivity index (χ3n) is 20.2. The van der Waals surface area contributed by atoms with Crippen molar-refractivity contribution in [3.63, 3.8) is 0 Å². The van der Waals surface area contributed by atoms with Crippen LogP contribution in [0.1, 0.15) is 44.5 Å². The quantitative estimate of drug-likeness (QED) is 0.0924. The minimum Gasteiger partial charge on any atom is -0.282 e. The summed E-state index contributed by atoms with van der Waals surface area (Å²) in [5, 5.41) is 5.35. The number of rotatable bonds is 4. The molecule has 0 bridgehead atoms. The molecule has 2 spiro atoms. The average Bonchev–Trinajstić information content (AvgIpc) is 1.48.